The average molecular weight is 325 g/mol. The highest BCUT2D eigenvalue weighted by atomic mass is 35.5. The molecule has 0 radical (unpaired) electrons. The smallest absolute Gasteiger partial charge is 0.227 e. The summed E-state index contributed by atoms with van der Waals surface area (Å²) < 4.78 is 0. The molecule has 1 unspecified atom stereocenters. The number of halogens is 1. The first-order valence-corrected chi connectivity index (χ1v) is 7.17. The van der Waals surface area contributed by atoms with Crippen LogP contribution in [0.25, 0.3) is 5.70 Å². The zero-order valence-electron chi connectivity index (χ0n) is 10.8. The van der Waals surface area contributed by atoms with Gasteiger partial charge in [-0.05, 0) is 17.7 Å². The number of aliphatic carboxylic acids is 1. The van der Waals surface area contributed by atoms with E-state index in [1.807, 2.05) is 0 Å². The molecule has 21 heavy (non-hydrogen) atoms. The Balaban J connectivity index is 2.02. The maximum Gasteiger partial charge on any atom is 0.227 e. The number of carboxylic acid groups (broad SMARTS) is 1. The molecule has 0 saturated carbocycles. The number of benzene rings is 1. The number of carbonyl (C=O) groups excluding carboxylic acids is 2. The summed E-state index contributed by atoms with van der Waals surface area (Å²) >= 11 is 6.70. The van der Waals surface area contributed by atoms with E-state index in [4.69, 9.17) is 11.6 Å². The van der Waals surface area contributed by atoms with Crippen molar-refractivity contribution in [2.75, 3.05) is 0 Å². The third kappa shape index (κ3) is 4.24. The van der Waals surface area contributed by atoms with E-state index in [-0.39, 0.29) is 11.6 Å². The first kappa shape index (κ1) is 15.4. The number of thioether (sulfide) groups is 1. The molecule has 2 rings (SSSR count). The number of carbonyl (C=O) groups is 2. The molecule has 0 spiro atoms. The van der Waals surface area contributed by atoms with Gasteiger partial charge in [-0.2, -0.15) is 0 Å². The molecule has 1 saturated heterocycles. The molecule has 6 nitrogen and oxygen atoms in total. The minimum absolute atomic E-state index is 0.135. The largest absolute Gasteiger partial charge is 0.549 e. The lowest BCUT2D eigenvalue weighted by Gasteiger charge is -2.23. The Labute approximate surface area is 130 Å². The predicted octanol–water partition coefficient (Wildman–Crippen LogP) is 0.543. The second-order valence-corrected chi connectivity index (χ2v) is 5.82. The van der Waals surface area contributed by atoms with Gasteiger partial charge in [-0.15, -0.1) is 5.10 Å². The minimum atomic E-state index is -1.29. The molecular formula is C13H11ClN3O3S-. The summed E-state index contributed by atoms with van der Waals surface area (Å²) in [6.07, 6.45) is -0.135. The number of hydrazone groups is 1. The lowest BCUT2D eigenvalue weighted by molar-refractivity contribution is -0.304. The van der Waals surface area contributed by atoms with Crippen LogP contribution in [0.5, 0.6) is 0 Å². The Morgan fingerprint density at radius 3 is 2.76 bits per heavy atom. The van der Waals surface area contributed by atoms with Crippen molar-refractivity contribution >= 4 is 46.1 Å². The van der Waals surface area contributed by atoms with Crippen LogP contribution in [0.3, 0.4) is 0 Å². The van der Waals surface area contributed by atoms with Crippen molar-refractivity contribution in [3.63, 3.8) is 0 Å². The number of amidine groups is 1. The third-order valence-corrected chi connectivity index (χ3v) is 3.93. The van der Waals surface area contributed by atoms with Gasteiger partial charge < -0.3 is 15.2 Å². The van der Waals surface area contributed by atoms with Crippen LogP contribution >= 0.6 is 23.4 Å². The molecule has 1 heterocycles. The lowest BCUT2D eigenvalue weighted by atomic mass is 10.2. The second-order valence-electron chi connectivity index (χ2n) is 4.19. The Morgan fingerprint density at radius 2 is 2.14 bits per heavy atom. The molecule has 0 aliphatic carbocycles. The van der Waals surface area contributed by atoms with E-state index in [9.17, 15) is 14.7 Å². The van der Waals surface area contributed by atoms with Crippen LogP contribution in [0.15, 0.2) is 35.9 Å². The fourth-order valence-electron chi connectivity index (χ4n) is 1.56. The summed E-state index contributed by atoms with van der Waals surface area (Å²) in [5.41, 5.74) is 3.93. The van der Waals surface area contributed by atoms with E-state index in [0.717, 1.165) is 17.3 Å². The quantitative estimate of drug-likeness (QED) is 0.789. The highest BCUT2D eigenvalue weighted by Gasteiger charge is 2.25. The normalized spacial score (nSPS) is 20.0. The summed E-state index contributed by atoms with van der Waals surface area (Å²) in [7, 11) is 0. The van der Waals surface area contributed by atoms with Gasteiger partial charge in [-0.25, -0.2) is 0 Å². The van der Waals surface area contributed by atoms with E-state index in [2.05, 4.69) is 22.4 Å². The third-order valence-electron chi connectivity index (χ3n) is 2.62. The zero-order chi connectivity index (χ0) is 15.4. The summed E-state index contributed by atoms with van der Waals surface area (Å²) in [6, 6.07) is 6.93. The fraction of sp³-hybridized carbons (Fsp3) is 0.154. The van der Waals surface area contributed by atoms with Gasteiger partial charge in [-0.3, -0.25) is 10.2 Å². The van der Waals surface area contributed by atoms with Crippen LogP contribution in [0.4, 0.5) is 0 Å². The number of amides is 1. The summed E-state index contributed by atoms with van der Waals surface area (Å²) in [5, 5.41) is 17.1. The first-order chi connectivity index (χ1) is 9.95. The first-order valence-electron chi connectivity index (χ1n) is 5.91. The molecule has 1 aliphatic rings. The zero-order valence-corrected chi connectivity index (χ0v) is 12.3. The topological polar surface area (TPSA) is 93.6 Å². The van der Waals surface area contributed by atoms with Crippen molar-refractivity contribution in [1.82, 2.24) is 10.7 Å². The Kier molecular flexibility index (Phi) is 4.87. The van der Waals surface area contributed by atoms with Crippen molar-refractivity contribution in [1.29, 1.82) is 0 Å². The van der Waals surface area contributed by atoms with Crippen molar-refractivity contribution in [2.45, 2.75) is 11.7 Å². The van der Waals surface area contributed by atoms with Crippen molar-refractivity contribution in [3.05, 3.63) is 41.4 Å². The number of hydrogen-bond acceptors (Lipinski definition) is 6. The minimum Gasteiger partial charge on any atom is -0.549 e. The lowest BCUT2D eigenvalue weighted by Crippen LogP contribution is -2.45. The van der Waals surface area contributed by atoms with Gasteiger partial charge in [0.1, 0.15) is 0 Å². The highest BCUT2D eigenvalue weighted by Crippen LogP contribution is 2.20. The van der Waals surface area contributed by atoms with Crippen LogP contribution in [0.2, 0.25) is 5.02 Å². The number of nitrogens with one attached hydrogen (secondary N) is 2. The van der Waals surface area contributed by atoms with Crippen molar-refractivity contribution in [2.24, 2.45) is 5.10 Å². The fourth-order valence-corrected chi connectivity index (χ4v) is 2.56. The van der Waals surface area contributed by atoms with Crippen LogP contribution in [0.1, 0.15) is 12.0 Å². The number of rotatable bonds is 4. The number of nitrogens with zero attached hydrogens (tertiary/aromatic N) is 1. The van der Waals surface area contributed by atoms with Gasteiger partial charge in [0.05, 0.1) is 16.9 Å². The SMILES string of the molecule is C=C(NN=C1NC(=O)CC(C(=O)[O-])S1)c1ccc(Cl)cc1. The summed E-state index contributed by atoms with van der Waals surface area (Å²) in [6.45, 7) is 3.80. The molecule has 2 N–H and O–H groups in total. The monoisotopic (exact) mass is 324 g/mol. The van der Waals surface area contributed by atoms with E-state index in [1.54, 1.807) is 24.3 Å². The Bertz CT molecular complexity index is 616. The van der Waals surface area contributed by atoms with E-state index >= 15 is 0 Å². The van der Waals surface area contributed by atoms with Gasteiger partial charge in [0, 0.05) is 11.4 Å². The average Bonchev–Trinajstić information content (AvgIpc) is 2.45. The molecule has 8 heteroatoms. The molecule has 1 aromatic rings. The van der Waals surface area contributed by atoms with Crippen LogP contribution in [-0.4, -0.2) is 22.3 Å². The molecule has 1 aliphatic heterocycles. The van der Waals surface area contributed by atoms with Gasteiger partial charge in [-0.1, -0.05) is 42.1 Å². The molecule has 1 fully saturated rings. The van der Waals surface area contributed by atoms with Gasteiger partial charge in [0.25, 0.3) is 0 Å². The van der Waals surface area contributed by atoms with E-state index in [0.29, 0.717) is 10.7 Å². The number of hydrogen-bond donors (Lipinski definition) is 2. The molecule has 1 amide bonds. The molecule has 0 bridgehead atoms. The standard InChI is InChI=1S/C13H12ClN3O3S/c1-7(8-2-4-9(14)5-3-8)16-17-13-15-11(18)6-10(21-13)12(19)20/h2-5,10,16H,1,6H2,(H,19,20)(H,15,17,18)/p-1. The highest BCUT2D eigenvalue weighted by molar-refractivity contribution is 8.15. The maximum atomic E-state index is 11.4. The molecular weight excluding hydrogens is 314 g/mol. The summed E-state index contributed by atoms with van der Waals surface area (Å²) in [5.74, 6) is -1.71. The van der Waals surface area contributed by atoms with Crippen LogP contribution in [0, 0.1) is 0 Å². The van der Waals surface area contributed by atoms with Gasteiger partial charge in [0.15, 0.2) is 5.17 Å². The molecule has 1 atom stereocenters. The van der Waals surface area contributed by atoms with Gasteiger partial charge >= 0.3 is 0 Å². The van der Waals surface area contributed by atoms with E-state index in [1.165, 1.54) is 0 Å². The van der Waals surface area contributed by atoms with Crippen LogP contribution < -0.4 is 15.8 Å². The van der Waals surface area contributed by atoms with Crippen LogP contribution in [-0.2, 0) is 9.59 Å². The summed E-state index contributed by atoms with van der Waals surface area (Å²) in [4.78, 5) is 22.2. The van der Waals surface area contributed by atoms with Crippen molar-refractivity contribution in [3.8, 4) is 0 Å². The molecule has 0 aromatic heterocycles. The Morgan fingerprint density at radius 1 is 1.48 bits per heavy atom. The maximum absolute atomic E-state index is 11.4. The second kappa shape index (κ2) is 6.64. The molecule has 1 aromatic carbocycles. The van der Waals surface area contributed by atoms with E-state index < -0.39 is 17.1 Å². The van der Waals surface area contributed by atoms with Crippen molar-refractivity contribution < 1.29 is 14.7 Å². The predicted molar refractivity (Wildman–Crippen MR) is 80.2 cm³/mol. The Hall–Kier alpha value is -1.99. The van der Waals surface area contributed by atoms with Gasteiger partial charge in [0.2, 0.25) is 5.91 Å². The molecule has 110 valence electrons. The number of carboxylic acids is 1.